The first-order chi connectivity index (χ1) is 15.0. The molecule has 0 atom stereocenters. The number of ether oxygens (including phenoxy) is 1. The van der Waals surface area contributed by atoms with Gasteiger partial charge in [-0.1, -0.05) is 24.3 Å². The summed E-state index contributed by atoms with van der Waals surface area (Å²) in [5.74, 6) is -0.00728. The Hall–Kier alpha value is -4.17. The molecule has 0 aliphatic carbocycles. The lowest BCUT2D eigenvalue weighted by Crippen LogP contribution is -2.39. The molecule has 8 nitrogen and oxygen atoms in total. The van der Waals surface area contributed by atoms with Gasteiger partial charge >= 0.3 is 5.69 Å². The van der Waals surface area contributed by atoms with E-state index in [0.717, 1.165) is 10.1 Å². The van der Waals surface area contributed by atoms with Crippen molar-refractivity contribution in [3.8, 4) is 11.4 Å². The fourth-order valence-electron chi connectivity index (χ4n) is 3.44. The Morgan fingerprint density at radius 3 is 2.29 bits per heavy atom. The minimum Gasteiger partial charge on any atom is -0.497 e. The van der Waals surface area contributed by atoms with Crippen molar-refractivity contribution in [1.82, 2.24) is 14.6 Å². The number of carbonyl (C=O) groups is 1. The standard InChI is InChI=1S/C23H19N3O5/c1-31-18-12-10-17(11-13-18)26-22(28)19-4-2-3-5-20(19)25(23(26)29)14-15-6-8-16(9-7-15)21(27)24-30/h2-13,30H,14H2,1H3,(H,24,27). The zero-order valence-corrected chi connectivity index (χ0v) is 16.6. The molecule has 1 aromatic heterocycles. The normalized spacial score (nSPS) is 10.8. The summed E-state index contributed by atoms with van der Waals surface area (Å²) in [5, 5.41) is 9.17. The van der Waals surface area contributed by atoms with E-state index < -0.39 is 17.2 Å². The van der Waals surface area contributed by atoms with Crippen LogP contribution in [0.3, 0.4) is 0 Å². The maximum absolute atomic E-state index is 13.4. The molecule has 0 saturated carbocycles. The van der Waals surface area contributed by atoms with Gasteiger partial charge in [0.2, 0.25) is 0 Å². The molecule has 0 unspecified atom stereocenters. The number of benzene rings is 3. The summed E-state index contributed by atoms with van der Waals surface area (Å²) in [6.07, 6.45) is 0. The van der Waals surface area contributed by atoms with Gasteiger partial charge in [-0.25, -0.2) is 14.8 Å². The number of hydrogen-bond donors (Lipinski definition) is 2. The topological polar surface area (TPSA) is 103 Å². The van der Waals surface area contributed by atoms with Crippen LogP contribution >= 0.6 is 0 Å². The molecule has 0 aliphatic heterocycles. The Morgan fingerprint density at radius 2 is 1.65 bits per heavy atom. The molecule has 0 spiro atoms. The number of rotatable bonds is 5. The van der Waals surface area contributed by atoms with Crippen molar-refractivity contribution in [2.75, 3.05) is 7.11 Å². The largest absolute Gasteiger partial charge is 0.497 e. The van der Waals surface area contributed by atoms with E-state index in [1.807, 2.05) is 0 Å². The Bertz CT molecular complexity index is 1370. The summed E-state index contributed by atoms with van der Waals surface area (Å²) in [6.45, 7) is 0.191. The van der Waals surface area contributed by atoms with Gasteiger partial charge in [-0.3, -0.25) is 19.4 Å². The van der Waals surface area contributed by atoms with Crippen molar-refractivity contribution in [2.24, 2.45) is 0 Å². The average Bonchev–Trinajstić information content (AvgIpc) is 2.82. The highest BCUT2D eigenvalue weighted by Crippen LogP contribution is 2.15. The van der Waals surface area contributed by atoms with Crippen LogP contribution < -0.4 is 21.5 Å². The van der Waals surface area contributed by atoms with E-state index in [1.165, 1.54) is 4.57 Å². The molecule has 0 bridgehead atoms. The maximum Gasteiger partial charge on any atom is 0.336 e. The second kappa shape index (κ2) is 8.29. The number of hydrogen-bond acceptors (Lipinski definition) is 5. The summed E-state index contributed by atoms with van der Waals surface area (Å²) in [5.41, 5.74) is 2.68. The van der Waals surface area contributed by atoms with Crippen LogP contribution in [0.2, 0.25) is 0 Å². The molecule has 8 heteroatoms. The molecule has 0 radical (unpaired) electrons. The number of fused-ring (bicyclic) bond motifs is 1. The number of nitrogens with zero attached hydrogens (tertiary/aromatic N) is 2. The minimum absolute atomic E-state index is 0.191. The van der Waals surface area contributed by atoms with E-state index in [9.17, 15) is 14.4 Å². The fraction of sp³-hybridized carbons (Fsp3) is 0.0870. The summed E-state index contributed by atoms with van der Waals surface area (Å²) >= 11 is 0. The van der Waals surface area contributed by atoms with Gasteiger partial charge in [-0.05, 0) is 54.1 Å². The SMILES string of the molecule is COc1ccc(-n2c(=O)c3ccccc3n(Cc3ccc(C(=O)NO)cc3)c2=O)cc1. The number of methoxy groups -OCH3 is 1. The molecule has 0 saturated heterocycles. The second-order valence-corrected chi connectivity index (χ2v) is 6.86. The lowest BCUT2D eigenvalue weighted by atomic mass is 10.1. The van der Waals surface area contributed by atoms with Gasteiger partial charge in [0.25, 0.3) is 11.5 Å². The van der Waals surface area contributed by atoms with Crippen LogP contribution in [0.4, 0.5) is 0 Å². The summed E-state index contributed by atoms with van der Waals surface area (Å²) in [4.78, 5) is 38.0. The van der Waals surface area contributed by atoms with Gasteiger partial charge in [-0.15, -0.1) is 0 Å². The van der Waals surface area contributed by atoms with Crippen molar-refractivity contribution in [3.05, 3.63) is 105 Å². The first-order valence-electron chi connectivity index (χ1n) is 9.46. The van der Waals surface area contributed by atoms with Gasteiger partial charge < -0.3 is 4.74 Å². The maximum atomic E-state index is 13.4. The molecule has 4 rings (SSSR count). The second-order valence-electron chi connectivity index (χ2n) is 6.86. The highest BCUT2D eigenvalue weighted by atomic mass is 16.5. The number of aromatic nitrogens is 2. The van der Waals surface area contributed by atoms with E-state index in [4.69, 9.17) is 9.94 Å². The van der Waals surface area contributed by atoms with Crippen molar-refractivity contribution in [1.29, 1.82) is 0 Å². The van der Waals surface area contributed by atoms with E-state index in [-0.39, 0.29) is 12.1 Å². The number of amides is 1. The fourth-order valence-corrected chi connectivity index (χ4v) is 3.44. The molecular formula is C23H19N3O5. The zero-order chi connectivity index (χ0) is 22.0. The lowest BCUT2D eigenvalue weighted by Gasteiger charge is -2.15. The van der Waals surface area contributed by atoms with Crippen LogP contribution in [0.5, 0.6) is 5.75 Å². The molecular weight excluding hydrogens is 398 g/mol. The van der Waals surface area contributed by atoms with Crippen molar-refractivity contribution in [3.63, 3.8) is 0 Å². The third-order valence-electron chi connectivity index (χ3n) is 5.04. The van der Waals surface area contributed by atoms with E-state index >= 15 is 0 Å². The van der Waals surface area contributed by atoms with Crippen molar-refractivity contribution < 1.29 is 14.7 Å². The molecule has 0 aliphatic rings. The first-order valence-corrected chi connectivity index (χ1v) is 9.46. The van der Waals surface area contributed by atoms with E-state index in [2.05, 4.69) is 0 Å². The van der Waals surface area contributed by atoms with Crippen LogP contribution in [0, 0.1) is 0 Å². The molecule has 1 heterocycles. The quantitative estimate of drug-likeness (QED) is 0.383. The summed E-state index contributed by atoms with van der Waals surface area (Å²) in [7, 11) is 1.54. The summed E-state index contributed by atoms with van der Waals surface area (Å²) in [6, 6.07) is 20.1. The van der Waals surface area contributed by atoms with Gasteiger partial charge in [0, 0.05) is 5.56 Å². The third-order valence-corrected chi connectivity index (χ3v) is 5.04. The van der Waals surface area contributed by atoms with Crippen molar-refractivity contribution >= 4 is 16.8 Å². The first kappa shape index (κ1) is 20.1. The third kappa shape index (κ3) is 3.72. The highest BCUT2D eigenvalue weighted by molar-refractivity contribution is 5.93. The minimum atomic E-state index is -0.623. The van der Waals surface area contributed by atoms with Gasteiger partial charge in [0.1, 0.15) is 5.75 Å². The predicted molar refractivity (Wildman–Crippen MR) is 115 cm³/mol. The van der Waals surface area contributed by atoms with Crippen LogP contribution in [-0.2, 0) is 6.54 Å². The van der Waals surface area contributed by atoms with Gasteiger partial charge in [-0.2, -0.15) is 0 Å². The summed E-state index contributed by atoms with van der Waals surface area (Å²) < 4.78 is 7.81. The Kier molecular flexibility index (Phi) is 5.38. The molecule has 1 amide bonds. The van der Waals surface area contributed by atoms with Crippen LogP contribution in [-0.4, -0.2) is 27.4 Å². The van der Waals surface area contributed by atoms with Crippen LogP contribution in [0.15, 0.2) is 82.4 Å². The van der Waals surface area contributed by atoms with Gasteiger partial charge in [0.15, 0.2) is 0 Å². The van der Waals surface area contributed by atoms with E-state index in [0.29, 0.717) is 22.3 Å². The Labute approximate surface area is 176 Å². The van der Waals surface area contributed by atoms with Crippen LogP contribution in [0.25, 0.3) is 16.6 Å². The van der Waals surface area contributed by atoms with Crippen molar-refractivity contribution in [2.45, 2.75) is 6.54 Å². The molecule has 4 aromatic rings. The molecule has 0 fully saturated rings. The Morgan fingerprint density at radius 1 is 0.968 bits per heavy atom. The van der Waals surface area contributed by atoms with Crippen LogP contribution in [0.1, 0.15) is 15.9 Å². The number of para-hydroxylation sites is 1. The monoisotopic (exact) mass is 417 g/mol. The number of hydroxylamine groups is 1. The highest BCUT2D eigenvalue weighted by Gasteiger charge is 2.15. The average molecular weight is 417 g/mol. The molecule has 3 aromatic carbocycles. The molecule has 156 valence electrons. The molecule has 2 N–H and O–H groups in total. The molecule has 31 heavy (non-hydrogen) atoms. The van der Waals surface area contributed by atoms with Gasteiger partial charge in [0.05, 0.1) is 30.2 Å². The Balaban J connectivity index is 1.87. The zero-order valence-electron chi connectivity index (χ0n) is 16.6. The number of carbonyl (C=O) groups excluding carboxylic acids is 1. The smallest absolute Gasteiger partial charge is 0.336 e. The number of nitrogens with one attached hydrogen (secondary N) is 1. The van der Waals surface area contributed by atoms with E-state index in [1.54, 1.807) is 85.4 Å². The predicted octanol–water partition coefficient (Wildman–Crippen LogP) is 2.33. The lowest BCUT2D eigenvalue weighted by molar-refractivity contribution is 0.0706.